The van der Waals surface area contributed by atoms with Crippen LogP contribution in [0.2, 0.25) is 0 Å². The van der Waals surface area contributed by atoms with Crippen LogP contribution < -0.4 is 0 Å². The largest absolute Gasteiger partial charge is 0.465 e. The molecule has 2 saturated heterocycles. The number of thioether (sulfide) groups is 1. The lowest BCUT2D eigenvalue weighted by molar-refractivity contribution is -0.165. The van der Waals surface area contributed by atoms with Crippen molar-refractivity contribution in [3.63, 3.8) is 0 Å². The number of carboxylic acid groups (broad SMARTS) is 1. The topological polar surface area (TPSA) is 104 Å². The van der Waals surface area contributed by atoms with Crippen molar-refractivity contribution in [1.29, 1.82) is 0 Å². The molecule has 3 rings (SSSR count). The molecule has 138 valence electrons. The van der Waals surface area contributed by atoms with E-state index in [1.807, 2.05) is 6.07 Å². The number of rotatable bonds is 4. The number of hydrogen-bond acceptors (Lipinski definition) is 6. The van der Waals surface area contributed by atoms with Crippen molar-refractivity contribution in [1.82, 2.24) is 9.80 Å². The summed E-state index contributed by atoms with van der Waals surface area (Å²) in [6.45, 7) is -0.202. The summed E-state index contributed by atoms with van der Waals surface area (Å²) in [4.78, 5) is 51.6. The molecule has 2 aliphatic rings. The van der Waals surface area contributed by atoms with E-state index >= 15 is 0 Å². The molecule has 1 atom stereocenters. The molecule has 0 spiro atoms. The Kier molecular flexibility index (Phi) is 5.17. The van der Waals surface area contributed by atoms with E-state index in [4.69, 9.17) is 4.74 Å². The van der Waals surface area contributed by atoms with E-state index in [0.717, 1.165) is 0 Å². The Bertz CT molecular complexity index is 734. The first-order chi connectivity index (χ1) is 12.4. The second-order valence-corrected chi connectivity index (χ2v) is 7.19. The SMILES string of the molecule is O=C1CN(C(=O)O)[C@](C(=O)OCc2ccccc2)(C(=O)N2CCSC2)C1. The second-order valence-electron chi connectivity index (χ2n) is 6.11. The number of esters is 1. The third-order valence-corrected chi connectivity index (χ3v) is 5.39. The maximum atomic E-state index is 13.0. The van der Waals surface area contributed by atoms with Crippen molar-refractivity contribution in [2.24, 2.45) is 0 Å². The van der Waals surface area contributed by atoms with Gasteiger partial charge >= 0.3 is 12.1 Å². The van der Waals surface area contributed by atoms with Gasteiger partial charge in [0.05, 0.1) is 18.8 Å². The highest BCUT2D eigenvalue weighted by atomic mass is 32.2. The summed E-state index contributed by atoms with van der Waals surface area (Å²) >= 11 is 1.50. The van der Waals surface area contributed by atoms with Crippen LogP contribution in [0.3, 0.4) is 0 Å². The van der Waals surface area contributed by atoms with Crippen molar-refractivity contribution in [3.05, 3.63) is 35.9 Å². The fraction of sp³-hybridized carbons (Fsp3) is 0.412. The molecule has 0 aromatic heterocycles. The number of nitrogens with zero attached hydrogens (tertiary/aromatic N) is 2. The van der Waals surface area contributed by atoms with Gasteiger partial charge in [0.15, 0.2) is 5.78 Å². The number of ether oxygens (including phenoxy) is 1. The zero-order valence-electron chi connectivity index (χ0n) is 13.9. The molecule has 0 aliphatic carbocycles. The van der Waals surface area contributed by atoms with Gasteiger partial charge in [-0.2, -0.15) is 0 Å². The molecule has 8 nitrogen and oxygen atoms in total. The van der Waals surface area contributed by atoms with E-state index in [9.17, 15) is 24.3 Å². The molecule has 26 heavy (non-hydrogen) atoms. The van der Waals surface area contributed by atoms with Crippen LogP contribution in [0.1, 0.15) is 12.0 Å². The number of amides is 2. The van der Waals surface area contributed by atoms with Crippen LogP contribution in [0.5, 0.6) is 0 Å². The number of carbonyl (C=O) groups excluding carboxylic acids is 3. The molecular formula is C17H18N2O6S. The van der Waals surface area contributed by atoms with Gasteiger partial charge in [0.2, 0.25) is 5.54 Å². The molecule has 9 heteroatoms. The minimum atomic E-state index is -2.14. The standard InChI is InChI=1S/C17H18N2O6S/c20-13-8-17(19(9-13)16(23)24,14(21)18-6-7-26-11-18)15(22)25-10-12-4-2-1-3-5-12/h1-5H,6-11H2,(H,23,24)/t17-/m0/s1. The third kappa shape index (κ3) is 3.26. The van der Waals surface area contributed by atoms with Crippen molar-refractivity contribution < 1.29 is 29.0 Å². The van der Waals surface area contributed by atoms with Gasteiger partial charge in [-0.15, -0.1) is 11.8 Å². The summed E-state index contributed by atoms with van der Waals surface area (Å²) < 4.78 is 5.27. The summed E-state index contributed by atoms with van der Waals surface area (Å²) in [5.74, 6) is -1.12. The monoisotopic (exact) mass is 378 g/mol. The first kappa shape index (κ1) is 18.2. The lowest BCUT2D eigenvalue weighted by Crippen LogP contribution is -2.62. The molecular weight excluding hydrogens is 360 g/mol. The van der Waals surface area contributed by atoms with Crippen LogP contribution in [0.25, 0.3) is 0 Å². The number of hydrogen-bond donors (Lipinski definition) is 1. The van der Waals surface area contributed by atoms with Gasteiger partial charge in [-0.1, -0.05) is 30.3 Å². The van der Waals surface area contributed by atoms with Gasteiger partial charge in [-0.25, -0.2) is 9.59 Å². The molecule has 0 saturated carbocycles. The van der Waals surface area contributed by atoms with E-state index in [-0.39, 0.29) is 6.61 Å². The van der Waals surface area contributed by atoms with E-state index < -0.39 is 42.3 Å². The van der Waals surface area contributed by atoms with Crippen LogP contribution in [0.15, 0.2) is 30.3 Å². The summed E-state index contributed by atoms with van der Waals surface area (Å²) in [5, 5.41) is 9.48. The Morgan fingerprint density at radius 3 is 2.58 bits per heavy atom. The summed E-state index contributed by atoms with van der Waals surface area (Å²) in [6.07, 6.45) is -1.99. The Hall–Kier alpha value is -2.55. The summed E-state index contributed by atoms with van der Waals surface area (Å²) in [6, 6.07) is 8.84. The molecule has 0 bridgehead atoms. The van der Waals surface area contributed by atoms with Gasteiger partial charge in [0.25, 0.3) is 5.91 Å². The maximum absolute atomic E-state index is 13.0. The Morgan fingerprint density at radius 1 is 1.23 bits per heavy atom. The van der Waals surface area contributed by atoms with Crippen molar-refractivity contribution in [2.45, 2.75) is 18.6 Å². The highest BCUT2D eigenvalue weighted by Crippen LogP contribution is 2.33. The van der Waals surface area contributed by atoms with Crippen LogP contribution >= 0.6 is 11.8 Å². The second kappa shape index (κ2) is 7.36. The van der Waals surface area contributed by atoms with Gasteiger partial charge in [-0.3, -0.25) is 14.5 Å². The first-order valence-electron chi connectivity index (χ1n) is 8.05. The quantitative estimate of drug-likeness (QED) is 0.614. The summed E-state index contributed by atoms with van der Waals surface area (Å²) in [5.41, 5.74) is -1.44. The van der Waals surface area contributed by atoms with Crippen LogP contribution in [0.4, 0.5) is 4.79 Å². The van der Waals surface area contributed by atoms with Crippen LogP contribution in [0, 0.1) is 0 Å². The highest BCUT2D eigenvalue weighted by Gasteiger charge is 2.61. The highest BCUT2D eigenvalue weighted by molar-refractivity contribution is 7.99. The van der Waals surface area contributed by atoms with Crippen LogP contribution in [-0.4, -0.2) is 68.9 Å². The van der Waals surface area contributed by atoms with Crippen molar-refractivity contribution in [2.75, 3.05) is 24.7 Å². The molecule has 2 fully saturated rings. The average molecular weight is 378 g/mol. The van der Waals surface area contributed by atoms with E-state index in [1.165, 1.54) is 16.7 Å². The normalized spacial score (nSPS) is 22.5. The Balaban J connectivity index is 1.89. The Labute approximate surface area is 154 Å². The fourth-order valence-corrected chi connectivity index (χ4v) is 4.06. The molecule has 2 amide bonds. The van der Waals surface area contributed by atoms with Crippen LogP contribution in [-0.2, 0) is 25.7 Å². The van der Waals surface area contributed by atoms with Crippen molar-refractivity contribution >= 4 is 35.5 Å². The summed E-state index contributed by atoms with van der Waals surface area (Å²) in [7, 11) is 0. The fourth-order valence-electron chi connectivity index (χ4n) is 3.12. The molecule has 2 heterocycles. The molecule has 1 aromatic rings. The van der Waals surface area contributed by atoms with Gasteiger partial charge in [-0.05, 0) is 5.56 Å². The van der Waals surface area contributed by atoms with E-state index in [2.05, 4.69) is 0 Å². The van der Waals surface area contributed by atoms with Gasteiger partial charge in [0, 0.05) is 12.3 Å². The van der Waals surface area contributed by atoms with E-state index in [1.54, 1.807) is 24.3 Å². The molecule has 1 N–H and O–H groups in total. The predicted molar refractivity (Wildman–Crippen MR) is 92.4 cm³/mol. The maximum Gasteiger partial charge on any atom is 0.409 e. The van der Waals surface area contributed by atoms with Gasteiger partial charge < -0.3 is 14.7 Å². The van der Waals surface area contributed by atoms with Crippen molar-refractivity contribution in [3.8, 4) is 0 Å². The van der Waals surface area contributed by atoms with Gasteiger partial charge in [0.1, 0.15) is 6.61 Å². The average Bonchev–Trinajstić information content (AvgIpc) is 3.28. The Morgan fingerprint density at radius 2 is 1.96 bits per heavy atom. The lowest BCUT2D eigenvalue weighted by Gasteiger charge is -2.34. The number of benzene rings is 1. The number of carbonyl (C=O) groups is 4. The molecule has 0 unspecified atom stereocenters. The van der Waals surface area contributed by atoms with E-state index in [0.29, 0.717) is 28.6 Å². The molecule has 0 radical (unpaired) electrons. The zero-order chi connectivity index (χ0) is 18.7. The number of likely N-dealkylation sites (tertiary alicyclic amines) is 1. The minimum absolute atomic E-state index is 0.106. The minimum Gasteiger partial charge on any atom is -0.465 e. The smallest absolute Gasteiger partial charge is 0.409 e. The lowest BCUT2D eigenvalue weighted by atomic mass is 9.94. The molecule has 2 aliphatic heterocycles. The molecule has 1 aromatic carbocycles. The zero-order valence-corrected chi connectivity index (χ0v) is 14.7. The number of Topliss-reactive ketones (excluding diaryl/α,β-unsaturated/α-hetero) is 1. The number of ketones is 1. The predicted octanol–water partition coefficient (Wildman–Crippen LogP) is 0.954. The third-order valence-electron chi connectivity index (χ3n) is 4.42. The first-order valence-corrected chi connectivity index (χ1v) is 9.21.